The zero-order chi connectivity index (χ0) is 15.2. The molecule has 1 aromatic rings. The quantitative estimate of drug-likeness (QED) is 0.422. The van der Waals surface area contributed by atoms with Crippen LogP contribution in [0.4, 0.5) is 8.78 Å². The first-order chi connectivity index (χ1) is 10.1. The summed E-state index contributed by atoms with van der Waals surface area (Å²) in [6, 6.07) is 4.47. The summed E-state index contributed by atoms with van der Waals surface area (Å²) in [6.45, 7) is -1.05. The second kappa shape index (κ2) is 9.61. The molecular weight excluding hydrogens is 447 g/mol. The van der Waals surface area contributed by atoms with Gasteiger partial charge in [-0.15, -0.1) is 24.0 Å². The van der Waals surface area contributed by atoms with Crippen LogP contribution in [0.2, 0.25) is 5.02 Å². The summed E-state index contributed by atoms with van der Waals surface area (Å²) in [5.41, 5.74) is 6.41. The number of nitrogens with zero attached hydrogens (tertiary/aromatic N) is 2. The predicted molar refractivity (Wildman–Crippen MR) is 97.7 cm³/mol. The van der Waals surface area contributed by atoms with Gasteiger partial charge in [-0.05, 0) is 18.2 Å². The lowest BCUT2D eigenvalue weighted by Gasteiger charge is -2.27. The molecule has 0 radical (unpaired) electrons. The predicted octanol–water partition coefficient (Wildman–Crippen LogP) is 3.42. The highest BCUT2D eigenvalue weighted by Gasteiger charge is 2.13. The molecule has 1 aliphatic rings. The van der Waals surface area contributed by atoms with Gasteiger partial charge in [-0.25, -0.2) is 4.99 Å². The molecule has 0 spiro atoms. The Balaban J connectivity index is 0.00000242. The van der Waals surface area contributed by atoms with Gasteiger partial charge in [-0.1, -0.05) is 11.6 Å². The third kappa shape index (κ3) is 5.96. The number of hydrogen-bond acceptors (Lipinski definition) is 3. The standard InChI is InChI=1S/C13H16ClF2N3OS.HI/c14-10-1-2-11(20-12(15)16)9(7-10)8-18-13(17)19-3-5-21-6-4-19;/h1-2,7,12H,3-6,8H2,(H2,17,18);1H. The van der Waals surface area contributed by atoms with Crippen LogP contribution in [-0.2, 0) is 6.54 Å². The lowest BCUT2D eigenvalue weighted by Crippen LogP contribution is -2.42. The molecule has 0 saturated carbocycles. The highest BCUT2D eigenvalue weighted by Crippen LogP contribution is 2.25. The first kappa shape index (κ1) is 19.6. The van der Waals surface area contributed by atoms with E-state index < -0.39 is 6.61 Å². The minimum atomic E-state index is -2.88. The van der Waals surface area contributed by atoms with Gasteiger partial charge in [0.2, 0.25) is 0 Å². The fraction of sp³-hybridized carbons (Fsp3) is 0.462. The summed E-state index contributed by atoms with van der Waals surface area (Å²) in [5, 5.41) is 0.440. The van der Waals surface area contributed by atoms with Crippen molar-refractivity contribution in [1.82, 2.24) is 4.90 Å². The van der Waals surface area contributed by atoms with Gasteiger partial charge in [0, 0.05) is 35.2 Å². The Morgan fingerprint density at radius 3 is 2.73 bits per heavy atom. The summed E-state index contributed by atoms with van der Waals surface area (Å²) in [6.07, 6.45) is 0. The maximum atomic E-state index is 12.4. The van der Waals surface area contributed by atoms with E-state index >= 15 is 0 Å². The molecule has 1 heterocycles. The Labute approximate surface area is 154 Å². The molecule has 0 bridgehead atoms. The topological polar surface area (TPSA) is 50.9 Å². The Morgan fingerprint density at radius 2 is 2.09 bits per heavy atom. The molecule has 0 unspecified atom stereocenters. The molecule has 0 amide bonds. The molecule has 2 rings (SSSR count). The van der Waals surface area contributed by atoms with Crippen molar-refractivity contribution in [3.05, 3.63) is 28.8 Å². The fourth-order valence-corrected chi connectivity index (χ4v) is 3.04. The van der Waals surface area contributed by atoms with Crippen LogP contribution in [-0.4, -0.2) is 42.1 Å². The highest BCUT2D eigenvalue weighted by molar-refractivity contribution is 14.0. The van der Waals surface area contributed by atoms with E-state index in [0.29, 0.717) is 16.5 Å². The molecule has 0 aliphatic carbocycles. The summed E-state index contributed by atoms with van der Waals surface area (Å²) < 4.78 is 29.2. The van der Waals surface area contributed by atoms with Gasteiger partial charge in [0.05, 0.1) is 6.54 Å². The summed E-state index contributed by atoms with van der Waals surface area (Å²) in [7, 11) is 0. The van der Waals surface area contributed by atoms with Crippen molar-refractivity contribution in [2.45, 2.75) is 13.2 Å². The molecule has 2 N–H and O–H groups in total. The number of nitrogens with two attached hydrogens (primary N) is 1. The maximum Gasteiger partial charge on any atom is 0.387 e. The molecule has 0 aromatic heterocycles. The van der Waals surface area contributed by atoms with E-state index in [1.54, 1.807) is 6.07 Å². The van der Waals surface area contributed by atoms with Gasteiger partial charge in [-0.3, -0.25) is 0 Å². The number of thioether (sulfide) groups is 1. The second-order valence-corrected chi connectivity index (χ2v) is 6.07. The van der Waals surface area contributed by atoms with Gasteiger partial charge in [0.1, 0.15) is 5.75 Å². The smallest absolute Gasteiger partial charge is 0.387 e. The minimum absolute atomic E-state index is 0. The van der Waals surface area contributed by atoms with Crippen LogP contribution >= 0.6 is 47.3 Å². The molecule has 1 aromatic carbocycles. The van der Waals surface area contributed by atoms with Gasteiger partial charge in [0.25, 0.3) is 0 Å². The van der Waals surface area contributed by atoms with Crippen molar-refractivity contribution in [1.29, 1.82) is 0 Å². The molecule has 22 heavy (non-hydrogen) atoms. The van der Waals surface area contributed by atoms with Gasteiger partial charge >= 0.3 is 6.61 Å². The highest BCUT2D eigenvalue weighted by atomic mass is 127. The van der Waals surface area contributed by atoms with Crippen molar-refractivity contribution >= 4 is 53.3 Å². The average molecular weight is 464 g/mol. The SMILES string of the molecule is I.NC(=NCc1cc(Cl)ccc1OC(F)F)N1CCSCC1. The number of rotatable bonds is 4. The fourth-order valence-electron chi connectivity index (χ4n) is 1.94. The monoisotopic (exact) mass is 463 g/mol. The van der Waals surface area contributed by atoms with Crippen LogP contribution in [0, 0.1) is 0 Å². The molecule has 1 fully saturated rings. The maximum absolute atomic E-state index is 12.4. The van der Waals surface area contributed by atoms with Crippen LogP contribution in [0.5, 0.6) is 5.75 Å². The number of guanidine groups is 1. The van der Waals surface area contributed by atoms with Crippen molar-refractivity contribution < 1.29 is 13.5 Å². The summed E-state index contributed by atoms with van der Waals surface area (Å²) in [5.74, 6) is 2.50. The first-order valence-corrected chi connectivity index (χ1v) is 7.95. The normalized spacial score (nSPS) is 15.6. The molecule has 9 heteroatoms. The lowest BCUT2D eigenvalue weighted by molar-refractivity contribution is -0.0504. The molecule has 124 valence electrons. The second-order valence-electron chi connectivity index (χ2n) is 4.40. The van der Waals surface area contributed by atoms with E-state index in [2.05, 4.69) is 9.73 Å². The van der Waals surface area contributed by atoms with Gasteiger partial charge < -0.3 is 15.4 Å². The third-order valence-electron chi connectivity index (χ3n) is 2.99. The summed E-state index contributed by atoms with van der Waals surface area (Å²) in [4.78, 5) is 6.24. The minimum Gasteiger partial charge on any atom is -0.434 e. The van der Waals surface area contributed by atoms with Gasteiger partial charge in [0.15, 0.2) is 5.96 Å². The van der Waals surface area contributed by atoms with Crippen molar-refractivity contribution in [2.24, 2.45) is 10.7 Å². The Bertz CT molecular complexity index is 516. The zero-order valence-corrected chi connectivity index (χ0v) is 15.6. The molecular formula is C13H17ClF2IN3OS. The van der Waals surface area contributed by atoms with Crippen molar-refractivity contribution in [3.8, 4) is 5.75 Å². The van der Waals surface area contributed by atoms with Crippen molar-refractivity contribution in [2.75, 3.05) is 24.6 Å². The first-order valence-electron chi connectivity index (χ1n) is 6.42. The third-order valence-corrected chi connectivity index (χ3v) is 4.16. The number of ether oxygens (including phenoxy) is 1. The molecule has 1 aliphatic heterocycles. The molecule has 1 saturated heterocycles. The number of halogens is 4. The van der Waals surface area contributed by atoms with E-state index in [1.165, 1.54) is 12.1 Å². The van der Waals surface area contributed by atoms with Crippen LogP contribution in [0.1, 0.15) is 5.56 Å². The Kier molecular flexibility index (Phi) is 8.55. The van der Waals surface area contributed by atoms with Crippen LogP contribution < -0.4 is 10.5 Å². The van der Waals surface area contributed by atoms with Crippen LogP contribution in [0.3, 0.4) is 0 Å². The molecule has 4 nitrogen and oxygen atoms in total. The number of aliphatic imine (C=N–C) groups is 1. The van der Waals surface area contributed by atoms with E-state index in [0.717, 1.165) is 24.6 Å². The van der Waals surface area contributed by atoms with Crippen LogP contribution in [0.25, 0.3) is 0 Å². The Hall–Kier alpha value is -0.480. The molecule has 0 atom stereocenters. The van der Waals surface area contributed by atoms with Gasteiger partial charge in [-0.2, -0.15) is 20.5 Å². The van der Waals surface area contributed by atoms with E-state index in [4.69, 9.17) is 17.3 Å². The summed E-state index contributed by atoms with van der Waals surface area (Å²) >= 11 is 7.75. The Morgan fingerprint density at radius 1 is 1.41 bits per heavy atom. The number of benzene rings is 1. The number of hydrogen-bond donors (Lipinski definition) is 1. The van der Waals surface area contributed by atoms with Crippen LogP contribution in [0.15, 0.2) is 23.2 Å². The number of alkyl halides is 2. The lowest BCUT2D eigenvalue weighted by atomic mass is 10.2. The van der Waals surface area contributed by atoms with Crippen molar-refractivity contribution in [3.63, 3.8) is 0 Å². The largest absolute Gasteiger partial charge is 0.434 e. The van der Waals surface area contributed by atoms with E-state index in [1.807, 2.05) is 16.7 Å². The average Bonchev–Trinajstić information content (AvgIpc) is 2.47. The van der Waals surface area contributed by atoms with E-state index in [-0.39, 0.29) is 36.3 Å². The van der Waals surface area contributed by atoms with E-state index in [9.17, 15) is 8.78 Å². The zero-order valence-electron chi connectivity index (χ0n) is 11.7.